The zero-order valence-electron chi connectivity index (χ0n) is 37.1. The molecule has 1 saturated carbocycles. The molecule has 5 aliphatic rings. The number of carbonyl (C=O) groups excluding carboxylic acids is 3. The number of methoxy groups -OCH3 is 1. The highest BCUT2D eigenvalue weighted by molar-refractivity contribution is 7.90. The molecule has 3 amide bonds. The number of carbonyl (C=O) groups is 3. The Hall–Kier alpha value is -3.52. The van der Waals surface area contributed by atoms with Crippen molar-refractivity contribution >= 4 is 56.8 Å². The van der Waals surface area contributed by atoms with E-state index in [4.69, 9.17) is 37.4 Å². The number of aryl methyl sites for hydroxylation is 1. The predicted octanol–water partition coefficient (Wildman–Crippen LogP) is 8.13. The lowest BCUT2D eigenvalue weighted by Crippen LogP contribution is -2.59. The second-order valence-corrected chi connectivity index (χ2v) is 22.2. The van der Waals surface area contributed by atoms with Crippen molar-refractivity contribution in [2.45, 2.75) is 120 Å². The van der Waals surface area contributed by atoms with Crippen LogP contribution in [0.15, 0.2) is 48.6 Å². The summed E-state index contributed by atoms with van der Waals surface area (Å²) in [5.74, 6) is -0.892. The van der Waals surface area contributed by atoms with Gasteiger partial charge in [0.05, 0.1) is 30.1 Å². The summed E-state index contributed by atoms with van der Waals surface area (Å²) in [6.07, 6.45) is 11.0. The Morgan fingerprint density at radius 1 is 1.06 bits per heavy atom. The van der Waals surface area contributed by atoms with E-state index in [1.807, 2.05) is 45.9 Å². The summed E-state index contributed by atoms with van der Waals surface area (Å²) in [5, 5.41) is -0.209. The molecule has 0 radical (unpaired) electrons. The molecule has 62 heavy (non-hydrogen) atoms. The number of allylic oxidation sites excluding steroid dienone is 1. The highest BCUT2D eigenvalue weighted by atomic mass is 35.5. The highest BCUT2D eigenvalue weighted by Crippen LogP contribution is 2.49. The zero-order valence-corrected chi connectivity index (χ0v) is 39.4. The maximum atomic E-state index is 14.0. The number of halogens is 2. The first-order chi connectivity index (χ1) is 29.4. The molecule has 1 N–H and O–H groups in total. The van der Waals surface area contributed by atoms with Crippen molar-refractivity contribution < 1.29 is 37.0 Å². The molecule has 0 aromatic heterocycles. The number of anilines is 1. The molecule has 7 rings (SSSR count). The topological polar surface area (TPSA) is 135 Å². The van der Waals surface area contributed by atoms with Crippen molar-refractivity contribution in [3.8, 4) is 5.75 Å². The van der Waals surface area contributed by atoms with Crippen LogP contribution >= 0.6 is 23.2 Å². The summed E-state index contributed by atoms with van der Waals surface area (Å²) in [5.41, 5.74) is 1.33. The molecule has 1 saturated heterocycles. The molecule has 2 fully saturated rings. The number of nitrogens with zero attached hydrogens (tertiary/aromatic N) is 3. The number of hydrogen-bond donors (Lipinski definition) is 1. The van der Waals surface area contributed by atoms with E-state index in [1.165, 1.54) is 11.1 Å². The number of hydrogen-bond acceptors (Lipinski definition) is 9. The molecule has 0 unspecified atom stereocenters. The van der Waals surface area contributed by atoms with Crippen LogP contribution in [0.25, 0.3) is 0 Å². The fourth-order valence-corrected chi connectivity index (χ4v) is 12.1. The molecule has 2 aromatic rings. The number of amides is 3. The van der Waals surface area contributed by atoms with E-state index in [-0.39, 0.29) is 59.7 Å². The second-order valence-electron chi connectivity index (χ2n) is 19.4. The molecule has 2 aliphatic carbocycles. The molecule has 15 heteroatoms. The van der Waals surface area contributed by atoms with Crippen LogP contribution in [-0.4, -0.2) is 111 Å². The summed E-state index contributed by atoms with van der Waals surface area (Å²) in [7, 11) is -2.40. The molecule has 2 bridgehead atoms. The fraction of sp³-hybridized carbons (Fsp3) is 0.638. The van der Waals surface area contributed by atoms with E-state index in [0.29, 0.717) is 49.9 Å². The van der Waals surface area contributed by atoms with Crippen molar-refractivity contribution in [1.29, 1.82) is 0 Å². The van der Waals surface area contributed by atoms with E-state index < -0.39 is 38.5 Å². The highest BCUT2D eigenvalue weighted by Gasteiger charge is 2.51. The molecule has 3 aliphatic heterocycles. The van der Waals surface area contributed by atoms with Crippen LogP contribution in [0.1, 0.15) is 107 Å². The predicted molar refractivity (Wildman–Crippen MR) is 243 cm³/mol. The third kappa shape index (κ3) is 9.76. The van der Waals surface area contributed by atoms with Gasteiger partial charge in [-0.3, -0.25) is 9.59 Å². The number of piperidine rings is 1. The number of likely N-dealkylation sites (tertiary alicyclic amines) is 1. The number of sulfonamides is 1. The SMILES string of the molecule is CO[C@]1(CN(C[C@H]2CCCCN2C(=O)OC(C)(C)C)C(=O)CCl)/C=C\C[C@H](C)[C@@H](C)S(=O)(=O)NC(=O)c2ccc3c(c2)N(C[C@@H]2CC[C@H]21)C[C@@]1(CCCc2cc(Cl)ccc21)CO3. The third-order valence-electron chi connectivity index (χ3n) is 14.2. The van der Waals surface area contributed by atoms with Crippen molar-refractivity contribution in [1.82, 2.24) is 14.5 Å². The Bertz CT molecular complexity index is 2150. The first kappa shape index (κ1) is 46.5. The molecule has 12 nitrogen and oxygen atoms in total. The minimum absolute atomic E-state index is 0.0560. The van der Waals surface area contributed by atoms with Crippen molar-refractivity contribution in [2.24, 2.45) is 17.8 Å². The Labute approximate surface area is 378 Å². The maximum absolute atomic E-state index is 14.0. The van der Waals surface area contributed by atoms with Crippen molar-refractivity contribution in [2.75, 3.05) is 57.2 Å². The minimum Gasteiger partial charge on any atom is -0.490 e. The van der Waals surface area contributed by atoms with Gasteiger partial charge in [-0.15, -0.1) is 11.6 Å². The van der Waals surface area contributed by atoms with E-state index in [0.717, 1.165) is 50.6 Å². The average molecular weight is 916 g/mol. The molecular weight excluding hydrogens is 852 g/mol. The monoisotopic (exact) mass is 914 g/mol. The fourth-order valence-electron chi connectivity index (χ4n) is 10.5. The van der Waals surface area contributed by atoms with Crippen LogP contribution in [0.5, 0.6) is 5.75 Å². The summed E-state index contributed by atoms with van der Waals surface area (Å²) < 4.78 is 49.1. The van der Waals surface area contributed by atoms with Crippen LogP contribution in [0.4, 0.5) is 10.5 Å². The Kier molecular flexibility index (Phi) is 13.9. The largest absolute Gasteiger partial charge is 0.490 e. The van der Waals surface area contributed by atoms with Crippen molar-refractivity contribution in [3.63, 3.8) is 0 Å². The van der Waals surface area contributed by atoms with Gasteiger partial charge in [-0.05, 0) is 145 Å². The van der Waals surface area contributed by atoms with Crippen LogP contribution < -0.4 is 14.4 Å². The maximum Gasteiger partial charge on any atom is 0.410 e. The van der Waals surface area contributed by atoms with Crippen LogP contribution in [0.2, 0.25) is 5.02 Å². The minimum atomic E-state index is -4.08. The van der Waals surface area contributed by atoms with E-state index in [1.54, 1.807) is 42.0 Å². The Balaban J connectivity index is 1.29. The number of benzene rings is 2. The molecule has 1 spiro atoms. The van der Waals surface area contributed by atoms with Gasteiger partial charge < -0.3 is 28.9 Å². The summed E-state index contributed by atoms with van der Waals surface area (Å²) in [6, 6.07) is 11.0. The number of nitrogens with one attached hydrogen (secondary N) is 1. The van der Waals surface area contributed by atoms with Gasteiger partial charge in [0.1, 0.15) is 22.8 Å². The van der Waals surface area contributed by atoms with Gasteiger partial charge in [-0.25, -0.2) is 17.9 Å². The van der Waals surface area contributed by atoms with Crippen molar-refractivity contribution in [3.05, 3.63) is 70.3 Å². The van der Waals surface area contributed by atoms with Crippen LogP contribution in [0, 0.1) is 17.8 Å². The standard InChI is InChI=1S/C47H64Cl2N4O8S/c1-31-11-9-21-47(59-6,29-52(42(54)25-48)27-37-13-7-8-22-53(37)44(56)61-45(3,4)5)39-17-14-35(39)26-51-28-46(20-10-12-33-23-36(49)16-18-38(33)46)30-60-41-19-15-34(24-40(41)51)43(55)50-62(57,58)32(31)2/h9,15-16,18-19,21,23-24,31-32,35,37,39H,7-8,10-14,17,20,22,25-30H2,1-6H3,(H,50,55)/b21-9-/t31-,32+,35-,37+,39+,46-,47-/m0/s1. The Morgan fingerprint density at radius 2 is 1.85 bits per heavy atom. The average Bonchev–Trinajstić information content (AvgIpc) is 3.36. The lowest BCUT2D eigenvalue weighted by Gasteiger charge is -2.52. The summed E-state index contributed by atoms with van der Waals surface area (Å²) >= 11 is 12.9. The van der Waals surface area contributed by atoms with Gasteiger partial charge >= 0.3 is 6.09 Å². The normalized spacial score (nSPS) is 30.4. The molecular formula is C47H64Cl2N4O8S. The molecule has 2 aromatic carbocycles. The third-order valence-corrected chi connectivity index (χ3v) is 16.6. The van der Waals surface area contributed by atoms with Gasteiger partial charge in [0, 0.05) is 49.3 Å². The summed E-state index contributed by atoms with van der Waals surface area (Å²) in [4.78, 5) is 47.1. The number of ether oxygens (including phenoxy) is 3. The number of alkyl halides is 1. The Morgan fingerprint density at radius 3 is 2.56 bits per heavy atom. The quantitative estimate of drug-likeness (QED) is 0.225. The van der Waals surface area contributed by atoms with Gasteiger partial charge in [0.2, 0.25) is 15.9 Å². The number of fused-ring (bicyclic) bond motifs is 4. The first-order valence-electron chi connectivity index (χ1n) is 22.3. The van der Waals surface area contributed by atoms with E-state index in [2.05, 4.69) is 21.8 Å². The van der Waals surface area contributed by atoms with E-state index in [9.17, 15) is 22.8 Å². The van der Waals surface area contributed by atoms with Gasteiger partial charge in [-0.1, -0.05) is 36.7 Å². The van der Waals surface area contributed by atoms with Crippen LogP contribution in [0.3, 0.4) is 0 Å². The summed E-state index contributed by atoms with van der Waals surface area (Å²) in [6.45, 7) is 11.6. The van der Waals surface area contributed by atoms with Gasteiger partial charge in [0.15, 0.2) is 0 Å². The van der Waals surface area contributed by atoms with Crippen LogP contribution in [-0.2, 0) is 36.1 Å². The molecule has 3 heterocycles. The molecule has 340 valence electrons. The lowest BCUT2D eigenvalue weighted by atomic mass is 9.63. The van der Waals surface area contributed by atoms with Gasteiger partial charge in [0.25, 0.3) is 5.91 Å². The number of rotatable bonds is 6. The second kappa shape index (κ2) is 18.5. The van der Waals surface area contributed by atoms with E-state index >= 15 is 0 Å². The zero-order chi connectivity index (χ0) is 44.6. The lowest BCUT2D eigenvalue weighted by molar-refractivity contribution is -0.139. The molecule has 7 atom stereocenters. The van der Waals surface area contributed by atoms with Gasteiger partial charge in [-0.2, -0.15) is 0 Å². The first-order valence-corrected chi connectivity index (χ1v) is 24.8. The smallest absolute Gasteiger partial charge is 0.410 e.